The third-order valence-corrected chi connectivity index (χ3v) is 5.17. The van der Waals surface area contributed by atoms with Crippen LogP contribution in [0.2, 0.25) is 0 Å². The maximum atomic E-state index is 9.42. The van der Waals surface area contributed by atoms with Crippen molar-refractivity contribution < 1.29 is 9.84 Å². The van der Waals surface area contributed by atoms with Crippen LogP contribution < -0.4 is 4.74 Å². The molecule has 1 aliphatic heterocycles. The lowest BCUT2D eigenvalue weighted by Crippen LogP contribution is -2.55. The molecule has 6 nitrogen and oxygen atoms in total. The van der Waals surface area contributed by atoms with Gasteiger partial charge in [-0.05, 0) is 44.5 Å². The molecule has 142 valence electrons. The van der Waals surface area contributed by atoms with Crippen molar-refractivity contribution in [1.29, 1.82) is 0 Å². The number of aliphatic hydroxyl groups excluding tert-OH is 1. The van der Waals surface area contributed by atoms with Crippen LogP contribution in [0.4, 0.5) is 0 Å². The predicted molar refractivity (Wildman–Crippen MR) is 103 cm³/mol. The molecule has 3 rings (SSSR count). The fourth-order valence-corrected chi connectivity index (χ4v) is 3.79. The molecule has 1 N–H and O–H groups in total. The summed E-state index contributed by atoms with van der Waals surface area (Å²) in [5.74, 6) is 1.89. The van der Waals surface area contributed by atoms with Crippen LogP contribution >= 0.6 is 0 Å². The Labute approximate surface area is 156 Å². The van der Waals surface area contributed by atoms with Crippen LogP contribution in [0.15, 0.2) is 36.7 Å². The van der Waals surface area contributed by atoms with E-state index in [0.717, 1.165) is 49.9 Å². The smallest absolute Gasteiger partial charge is 0.127 e. The van der Waals surface area contributed by atoms with Crippen LogP contribution in [0.25, 0.3) is 5.69 Å². The summed E-state index contributed by atoms with van der Waals surface area (Å²) in [6.45, 7) is 8.54. The molecule has 26 heavy (non-hydrogen) atoms. The topological polar surface area (TPSA) is 53.8 Å². The molecule has 0 radical (unpaired) electrons. The van der Waals surface area contributed by atoms with Crippen molar-refractivity contribution in [3.05, 3.63) is 42.5 Å². The molecule has 0 spiro atoms. The van der Waals surface area contributed by atoms with E-state index in [4.69, 9.17) is 4.74 Å². The zero-order valence-electron chi connectivity index (χ0n) is 16.0. The number of methoxy groups -OCH3 is 1. The zero-order valence-corrected chi connectivity index (χ0v) is 16.0. The average Bonchev–Trinajstić information content (AvgIpc) is 3.10. The van der Waals surface area contributed by atoms with Gasteiger partial charge in [0, 0.05) is 56.4 Å². The molecule has 0 aliphatic carbocycles. The summed E-state index contributed by atoms with van der Waals surface area (Å²) in [6, 6.07) is 8.95. The number of nitrogens with zero attached hydrogens (tertiary/aromatic N) is 4. The monoisotopic (exact) mass is 358 g/mol. The highest BCUT2D eigenvalue weighted by molar-refractivity contribution is 5.38. The van der Waals surface area contributed by atoms with Gasteiger partial charge in [-0.15, -0.1) is 0 Å². The Bertz CT molecular complexity index is 683. The molecule has 6 heteroatoms. The first kappa shape index (κ1) is 18.9. The van der Waals surface area contributed by atoms with Crippen molar-refractivity contribution in [2.24, 2.45) is 0 Å². The van der Waals surface area contributed by atoms with Crippen molar-refractivity contribution in [3.8, 4) is 11.4 Å². The lowest BCUT2D eigenvalue weighted by molar-refractivity contribution is 0.0337. The summed E-state index contributed by atoms with van der Waals surface area (Å²) in [6.07, 6.45) is 4.68. The van der Waals surface area contributed by atoms with Gasteiger partial charge in [0.1, 0.15) is 11.6 Å². The normalized spacial score (nSPS) is 19.2. The Morgan fingerprint density at radius 1 is 1.23 bits per heavy atom. The standard InChI is InChI=1S/C20H30N4O2/c1-16(2)23-12-11-22(14-18(23)8-13-25)15-20-21-9-10-24(20)17-4-6-19(26-3)7-5-17/h4-7,9-10,16,18,25H,8,11-15H2,1-3H3/t18-/m0/s1. The summed E-state index contributed by atoms with van der Waals surface area (Å²) in [7, 11) is 1.68. The molecule has 0 amide bonds. The van der Waals surface area contributed by atoms with Gasteiger partial charge in [0.25, 0.3) is 0 Å². The van der Waals surface area contributed by atoms with E-state index in [1.807, 2.05) is 24.5 Å². The number of aromatic nitrogens is 2. The number of aliphatic hydroxyl groups is 1. The maximum Gasteiger partial charge on any atom is 0.127 e. The second-order valence-electron chi connectivity index (χ2n) is 7.14. The number of ether oxygens (including phenoxy) is 1. The molecule has 1 aromatic heterocycles. The van der Waals surface area contributed by atoms with E-state index in [0.29, 0.717) is 12.1 Å². The highest BCUT2D eigenvalue weighted by atomic mass is 16.5. The van der Waals surface area contributed by atoms with E-state index < -0.39 is 0 Å². The Balaban J connectivity index is 1.70. The zero-order chi connectivity index (χ0) is 18.5. The van der Waals surface area contributed by atoms with Gasteiger partial charge in [-0.25, -0.2) is 4.98 Å². The number of imidazole rings is 1. The van der Waals surface area contributed by atoms with E-state index in [-0.39, 0.29) is 6.61 Å². The van der Waals surface area contributed by atoms with Crippen molar-refractivity contribution in [2.45, 2.75) is 38.9 Å². The van der Waals surface area contributed by atoms with Crippen molar-refractivity contribution in [2.75, 3.05) is 33.4 Å². The van der Waals surface area contributed by atoms with E-state index in [1.165, 1.54) is 0 Å². The van der Waals surface area contributed by atoms with Crippen LogP contribution in [0.1, 0.15) is 26.1 Å². The van der Waals surface area contributed by atoms with E-state index >= 15 is 0 Å². The Morgan fingerprint density at radius 2 is 2.00 bits per heavy atom. The molecule has 2 heterocycles. The minimum atomic E-state index is 0.238. The SMILES string of the molecule is COc1ccc(-n2ccnc2CN2CCN(C(C)C)[C@@H](CCO)C2)cc1. The average molecular weight is 358 g/mol. The Kier molecular flexibility index (Phi) is 6.29. The lowest BCUT2D eigenvalue weighted by atomic mass is 10.1. The first-order chi connectivity index (χ1) is 12.6. The van der Waals surface area contributed by atoms with E-state index in [1.54, 1.807) is 7.11 Å². The number of hydrogen-bond donors (Lipinski definition) is 1. The highest BCUT2D eigenvalue weighted by Crippen LogP contribution is 2.20. The molecule has 0 saturated carbocycles. The molecule has 1 atom stereocenters. The molecule has 1 fully saturated rings. The maximum absolute atomic E-state index is 9.42. The second kappa shape index (κ2) is 8.66. The fourth-order valence-electron chi connectivity index (χ4n) is 3.79. The Hall–Kier alpha value is -1.89. The third kappa shape index (κ3) is 4.26. The molecule has 0 bridgehead atoms. The summed E-state index contributed by atoms with van der Waals surface area (Å²) in [5, 5.41) is 9.42. The van der Waals surface area contributed by atoms with Gasteiger partial charge in [-0.3, -0.25) is 9.80 Å². The van der Waals surface area contributed by atoms with Crippen LogP contribution in [0.5, 0.6) is 5.75 Å². The Morgan fingerprint density at radius 3 is 2.65 bits per heavy atom. The molecule has 1 saturated heterocycles. The van der Waals surface area contributed by atoms with Crippen LogP contribution in [0, 0.1) is 0 Å². The van der Waals surface area contributed by atoms with Gasteiger partial charge in [0.2, 0.25) is 0 Å². The first-order valence-electron chi connectivity index (χ1n) is 9.38. The van der Waals surface area contributed by atoms with Crippen LogP contribution in [-0.4, -0.2) is 69.9 Å². The molecular weight excluding hydrogens is 328 g/mol. The number of benzene rings is 1. The number of hydrogen-bond acceptors (Lipinski definition) is 5. The molecule has 2 aromatic rings. The first-order valence-corrected chi connectivity index (χ1v) is 9.38. The van der Waals surface area contributed by atoms with Crippen molar-refractivity contribution in [1.82, 2.24) is 19.4 Å². The minimum absolute atomic E-state index is 0.238. The third-order valence-electron chi connectivity index (χ3n) is 5.17. The minimum Gasteiger partial charge on any atom is -0.497 e. The number of rotatable bonds is 7. The van der Waals surface area contributed by atoms with Crippen LogP contribution in [-0.2, 0) is 6.54 Å². The quantitative estimate of drug-likeness (QED) is 0.822. The summed E-state index contributed by atoms with van der Waals surface area (Å²) >= 11 is 0. The molecule has 1 aromatic carbocycles. The van der Waals surface area contributed by atoms with Gasteiger partial charge in [0.05, 0.1) is 13.7 Å². The van der Waals surface area contributed by atoms with Crippen LogP contribution in [0.3, 0.4) is 0 Å². The summed E-state index contributed by atoms with van der Waals surface area (Å²) in [4.78, 5) is 9.53. The van der Waals surface area contributed by atoms with Crippen molar-refractivity contribution >= 4 is 0 Å². The van der Waals surface area contributed by atoms with Gasteiger partial charge >= 0.3 is 0 Å². The molecule has 0 unspecified atom stereocenters. The summed E-state index contributed by atoms with van der Waals surface area (Å²) < 4.78 is 7.38. The fraction of sp³-hybridized carbons (Fsp3) is 0.550. The predicted octanol–water partition coefficient (Wildman–Crippen LogP) is 2.16. The molecular formula is C20H30N4O2. The van der Waals surface area contributed by atoms with Crippen molar-refractivity contribution in [3.63, 3.8) is 0 Å². The second-order valence-corrected chi connectivity index (χ2v) is 7.14. The highest BCUT2D eigenvalue weighted by Gasteiger charge is 2.28. The lowest BCUT2D eigenvalue weighted by Gasteiger charge is -2.43. The van der Waals surface area contributed by atoms with E-state index in [9.17, 15) is 5.11 Å². The van der Waals surface area contributed by atoms with E-state index in [2.05, 4.69) is 45.3 Å². The van der Waals surface area contributed by atoms with Gasteiger partial charge in [-0.1, -0.05) is 0 Å². The van der Waals surface area contributed by atoms with Gasteiger partial charge < -0.3 is 14.4 Å². The molecule has 1 aliphatic rings. The largest absolute Gasteiger partial charge is 0.497 e. The number of piperazine rings is 1. The van der Waals surface area contributed by atoms with Gasteiger partial charge in [0.15, 0.2) is 0 Å². The van der Waals surface area contributed by atoms with Gasteiger partial charge in [-0.2, -0.15) is 0 Å². The summed E-state index contributed by atoms with van der Waals surface area (Å²) in [5.41, 5.74) is 1.09.